The van der Waals surface area contributed by atoms with Crippen molar-refractivity contribution in [3.8, 4) is 0 Å². The Kier molecular flexibility index (Phi) is 4.98. The van der Waals surface area contributed by atoms with Gasteiger partial charge in [0.2, 0.25) is 0 Å². The van der Waals surface area contributed by atoms with Crippen molar-refractivity contribution in [1.82, 2.24) is 9.88 Å². The number of hydrogen-bond donors (Lipinski definition) is 1. The molecule has 18 heavy (non-hydrogen) atoms. The fraction of sp³-hybridized carbons (Fsp3) is 0.643. The molecular weight excluding hydrogens is 248 g/mol. The molecule has 1 aliphatic rings. The Hall–Kier alpha value is -0.640. The van der Waals surface area contributed by atoms with Crippen molar-refractivity contribution in [3.05, 3.63) is 29.0 Å². The number of hydrogen-bond acceptors (Lipinski definition) is 3. The monoisotopic (exact) mass is 268 g/mol. The topological polar surface area (TPSA) is 36.4 Å². The maximum atomic E-state index is 9.14. The lowest BCUT2D eigenvalue weighted by Gasteiger charge is -2.34. The minimum absolute atomic E-state index is 0.340. The first-order chi connectivity index (χ1) is 8.69. The Morgan fingerprint density at radius 2 is 2.06 bits per heavy atom. The molecule has 3 nitrogen and oxygen atoms in total. The van der Waals surface area contributed by atoms with Crippen LogP contribution in [-0.4, -0.2) is 34.7 Å². The first-order valence-electron chi connectivity index (χ1n) is 6.61. The highest BCUT2D eigenvalue weighted by molar-refractivity contribution is 6.29. The molecule has 0 amide bonds. The SMILES string of the molecule is CN(Cc1cccc(Cl)n1)C1CCC(CO)CC1. The van der Waals surface area contributed by atoms with Crippen LogP contribution >= 0.6 is 11.6 Å². The van der Waals surface area contributed by atoms with Gasteiger partial charge in [0.1, 0.15) is 5.15 Å². The summed E-state index contributed by atoms with van der Waals surface area (Å²) < 4.78 is 0. The third kappa shape index (κ3) is 3.67. The molecule has 0 bridgehead atoms. The van der Waals surface area contributed by atoms with E-state index in [-0.39, 0.29) is 0 Å². The maximum absolute atomic E-state index is 9.14. The second-order valence-electron chi connectivity index (χ2n) is 5.22. The van der Waals surface area contributed by atoms with Crippen molar-refractivity contribution in [1.29, 1.82) is 0 Å². The zero-order valence-electron chi connectivity index (χ0n) is 10.8. The highest BCUT2D eigenvalue weighted by atomic mass is 35.5. The van der Waals surface area contributed by atoms with E-state index < -0.39 is 0 Å². The van der Waals surface area contributed by atoms with Crippen LogP contribution in [0.2, 0.25) is 5.15 Å². The molecule has 100 valence electrons. The number of halogens is 1. The van der Waals surface area contributed by atoms with E-state index in [2.05, 4.69) is 16.9 Å². The van der Waals surface area contributed by atoms with Gasteiger partial charge >= 0.3 is 0 Å². The molecule has 0 aliphatic heterocycles. The minimum Gasteiger partial charge on any atom is -0.396 e. The summed E-state index contributed by atoms with van der Waals surface area (Å²) in [6, 6.07) is 6.37. The minimum atomic E-state index is 0.340. The Balaban J connectivity index is 1.87. The van der Waals surface area contributed by atoms with Crippen molar-refractivity contribution in [2.45, 2.75) is 38.3 Å². The summed E-state index contributed by atoms with van der Waals surface area (Å²) >= 11 is 5.89. The van der Waals surface area contributed by atoms with Gasteiger partial charge in [-0.25, -0.2) is 4.98 Å². The number of aliphatic hydroxyl groups excluding tert-OH is 1. The third-order valence-electron chi connectivity index (χ3n) is 3.88. The molecule has 1 aromatic heterocycles. The van der Waals surface area contributed by atoms with E-state index in [4.69, 9.17) is 16.7 Å². The van der Waals surface area contributed by atoms with E-state index in [1.165, 1.54) is 12.8 Å². The van der Waals surface area contributed by atoms with Crippen LogP contribution < -0.4 is 0 Å². The van der Waals surface area contributed by atoms with Crippen LogP contribution in [0.4, 0.5) is 0 Å². The predicted molar refractivity (Wildman–Crippen MR) is 73.5 cm³/mol. The van der Waals surface area contributed by atoms with E-state index in [9.17, 15) is 0 Å². The van der Waals surface area contributed by atoms with Gasteiger partial charge in [-0.15, -0.1) is 0 Å². The Morgan fingerprint density at radius 1 is 1.33 bits per heavy atom. The molecule has 1 aliphatic carbocycles. The molecule has 1 saturated carbocycles. The second kappa shape index (κ2) is 6.50. The van der Waals surface area contributed by atoms with E-state index in [1.54, 1.807) is 6.07 Å². The molecule has 1 aromatic rings. The summed E-state index contributed by atoms with van der Waals surface area (Å²) in [4.78, 5) is 6.68. The number of rotatable bonds is 4. The molecule has 1 N–H and O–H groups in total. The highest BCUT2D eigenvalue weighted by Crippen LogP contribution is 2.27. The molecule has 1 heterocycles. The predicted octanol–water partition coefficient (Wildman–Crippen LogP) is 2.72. The van der Waals surface area contributed by atoms with Gasteiger partial charge in [0, 0.05) is 19.2 Å². The molecule has 0 spiro atoms. The average molecular weight is 269 g/mol. The summed E-state index contributed by atoms with van der Waals surface area (Å²) in [6.07, 6.45) is 4.60. The molecule has 0 unspecified atom stereocenters. The van der Waals surface area contributed by atoms with Crippen molar-refractivity contribution < 1.29 is 5.11 Å². The van der Waals surface area contributed by atoms with Crippen LogP contribution in [0.5, 0.6) is 0 Å². The third-order valence-corrected chi connectivity index (χ3v) is 4.09. The van der Waals surface area contributed by atoms with Crippen LogP contribution in [0.3, 0.4) is 0 Å². The Labute approximate surface area is 114 Å². The number of aromatic nitrogens is 1. The van der Waals surface area contributed by atoms with Crippen molar-refractivity contribution in [3.63, 3.8) is 0 Å². The van der Waals surface area contributed by atoms with E-state index in [0.29, 0.717) is 23.7 Å². The van der Waals surface area contributed by atoms with Gasteiger partial charge in [-0.1, -0.05) is 17.7 Å². The molecular formula is C14H21ClN2O. The van der Waals surface area contributed by atoms with E-state index in [0.717, 1.165) is 25.1 Å². The van der Waals surface area contributed by atoms with Gasteiger partial charge in [-0.2, -0.15) is 0 Å². The number of aliphatic hydroxyl groups is 1. The lowest BCUT2D eigenvalue weighted by atomic mass is 9.86. The van der Waals surface area contributed by atoms with Crippen LogP contribution in [0.1, 0.15) is 31.4 Å². The summed E-state index contributed by atoms with van der Waals surface area (Å²) in [6.45, 7) is 1.18. The molecule has 2 rings (SSSR count). The Morgan fingerprint density at radius 3 is 2.67 bits per heavy atom. The highest BCUT2D eigenvalue weighted by Gasteiger charge is 2.23. The number of pyridine rings is 1. The summed E-state index contributed by atoms with van der Waals surface area (Å²) in [7, 11) is 2.15. The molecule has 0 radical (unpaired) electrons. The van der Waals surface area contributed by atoms with E-state index >= 15 is 0 Å². The quantitative estimate of drug-likeness (QED) is 0.853. The van der Waals surface area contributed by atoms with Gasteiger partial charge in [0.15, 0.2) is 0 Å². The molecule has 4 heteroatoms. The van der Waals surface area contributed by atoms with Gasteiger partial charge < -0.3 is 5.11 Å². The zero-order valence-corrected chi connectivity index (χ0v) is 11.6. The van der Waals surface area contributed by atoms with Crippen molar-refractivity contribution in [2.75, 3.05) is 13.7 Å². The molecule has 0 atom stereocenters. The number of nitrogens with zero attached hydrogens (tertiary/aromatic N) is 2. The van der Waals surface area contributed by atoms with Crippen LogP contribution in [-0.2, 0) is 6.54 Å². The lowest BCUT2D eigenvalue weighted by Crippen LogP contribution is -2.35. The van der Waals surface area contributed by atoms with Crippen LogP contribution in [0, 0.1) is 5.92 Å². The molecule has 0 saturated heterocycles. The summed E-state index contributed by atoms with van der Waals surface area (Å²) in [5.74, 6) is 0.513. The second-order valence-corrected chi connectivity index (χ2v) is 5.61. The van der Waals surface area contributed by atoms with Gasteiger partial charge in [0.05, 0.1) is 5.69 Å². The largest absolute Gasteiger partial charge is 0.396 e. The fourth-order valence-corrected chi connectivity index (χ4v) is 2.87. The van der Waals surface area contributed by atoms with Gasteiger partial charge in [-0.3, -0.25) is 4.90 Å². The van der Waals surface area contributed by atoms with Crippen molar-refractivity contribution >= 4 is 11.6 Å². The maximum Gasteiger partial charge on any atom is 0.129 e. The van der Waals surface area contributed by atoms with Crippen LogP contribution in [0.15, 0.2) is 18.2 Å². The Bertz CT molecular complexity index is 378. The average Bonchev–Trinajstić information content (AvgIpc) is 2.39. The van der Waals surface area contributed by atoms with E-state index in [1.807, 2.05) is 12.1 Å². The first kappa shape index (κ1) is 13.8. The molecule has 1 fully saturated rings. The zero-order chi connectivity index (χ0) is 13.0. The summed E-state index contributed by atoms with van der Waals surface area (Å²) in [5.41, 5.74) is 1.02. The van der Waals surface area contributed by atoms with Gasteiger partial charge in [0.25, 0.3) is 0 Å². The first-order valence-corrected chi connectivity index (χ1v) is 6.99. The summed E-state index contributed by atoms with van der Waals surface area (Å²) in [5, 5.41) is 9.70. The van der Waals surface area contributed by atoms with Crippen LogP contribution in [0.25, 0.3) is 0 Å². The normalized spacial score (nSPS) is 24.4. The molecule has 0 aromatic carbocycles. The van der Waals surface area contributed by atoms with Gasteiger partial charge in [-0.05, 0) is 50.8 Å². The standard InChI is InChI=1S/C14H21ClN2O/c1-17(9-12-3-2-4-14(15)16-12)13-7-5-11(10-18)6-8-13/h2-4,11,13,18H,5-10H2,1H3. The lowest BCUT2D eigenvalue weighted by molar-refractivity contribution is 0.123. The fourth-order valence-electron chi connectivity index (χ4n) is 2.69. The smallest absolute Gasteiger partial charge is 0.129 e. The van der Waals surface area contributed by atoms with Crippen molar-refractivity contribution in [2.24, 2.45) is 5.92 Å².